The molecule has 0 aliphatic carbocycles. The van der Waals surface area contributed by atoms with Crippen molar-refractivity contribution in [1.29, 1.82) is 0 Å². The van der Waals surface area contributed by atoms with Gasteiger partial charge in [0.25, 0.3) is 0 Å². The van der Waals surface area contributed by atoms with Crippen LogP contribution >= 0.6 is 0 Å². The first-order valence-corrected chi connectivity index (χ1v) is 4.23. The molecule has 3 heteroatoms. The fourth-order valence-corrected chi connectivity index (χ4v) is 1.55. The van der Waals surface area contributed by atoms with Crippen LogP contribution in [0, 0.1) is 5.92 Å². The number of hydrogen-bond donors (Lipinski definition) is 1. The monoisotopic (exact) mass is 158 g/mol. The topological polar surface area (TPSA) is 24.5 Å². The van der Waals surface area contributed by atoms with Crippen molar-refractivity contribution in [2.24, 2.45) is 5.92 Å². The number of nitrogens with one attached hydrogen (secondary N) is 1. The van der Waals surface area contributed by atoms with E-state index in [0.29, 0.717) is 6.04 Å². The molecule has 1 heterocycles. The van der Waals surface area contributed by atoms with Crippen LogP contribution in [0.15, 0.2) is 0 Å². The van der Waals surface area contributed by atoms with Crippen LogP contribution in [0.1, 0.15) is 13.3 Å². The Kier molecular flexibility index (Phi) is 3.30. The summed E-state index contributed by atoms with van der Waals surface area (Å²) in [4.78, 5) is 5.13. The lowest BCUT2D eigenvalue weighted by atomic mass is 10.0. The minimum Gasteiger partial charge on any atom is -0.316 e. The van der Waals surface area contributed by atoms with Gasteiger partial charge in [0.05, 0.1) is 7.11 Å². The second-order valence-electron chi connectivity index (χ2n) is 3.22. The van der Waals surface area contributed by atoms with Gasteiger partial charge < -0.3 is 10.2 Å². The number of hydrogen-bond acceptors (Lipinski definition) is 3. The van der Waals surface area contributed by atoms with Gasteiger partial charge in [-0.3, -0.25) is 0 Å². The van der Waals surface area contributed by atoms with Gasteiger partial charge in [-0.1, -0.05) is 0 Å². The van der Waals surface area contributed by atoms with Gasteiger partial charge in [-0.15, -0.1) is 0 Å². The van der Waals surface area contributed by atoms with Gasteiger partial charge in [0.1, 0.15) is 0 Å². The van der Waals surface area contributed by atoms with E-state index >= 15 is 0 Å². The summed E-state index contributed by atoms with van der Waals surface area (Å²) in [6.45, 7) is 4.50. The first kappa shape index (κ1) is 8.97. The van der Waals surface area contributed by atoms with E-state index in [1.807, 2.05) is 12.1 Å². The van der Waals surface area contributed by atoms with Gasteiger partial charge in [-0.2, -0.15) is 5.06 Å². The molecule has 0 aromatic rings. The molecule has 66 valence electrons. The first-order valence-electron chi connectivity index (χ1n) is 4.23. The molecule has 1 aliphatic rings. The van der Waals surface area contributed by atoms with Crippen LogP contribution in [-0.2, 0) is 4.84 Å². The summed E-state index contributed by atoms with van der Waals surface area (Å²) in [6, 6.07) is 0.523. The summed E-state index contributed by atoms with van der Waals surface area (Å²) in [7, 11) is 3.71. The molecular weight excluding hydrogens is 140 g/mol. The van der Waals surface area contributed by atoms with Crippen LogP contribution in [0.2, 0.25) is 0 Å². The van der Waals surface area contributed by atoms with Gasteiger partial charge >= 0.3 is 0 Å². The van der Waals surface area contributed by atoms with Crippen LogP contribution in [0.5, 0.6) is 0 Å². The molecular formula is C8H18N2O. The molecule has 0 aromatic heterocycles. The molecule has 0 aromatic carbocycles. The highest BCUT2D eigenvalue weighted by atomic mass is 16.7. The molecule has 1 saturated heterocycles. The molecule has 1 N–H and O–H groups in total. The van der Waals surface area contributed by atoms with E-state index in [9.17, 15) is 0 Å². The third-order valence-electron chi connectivity index (χ3n) is 2.64. The summed E-state index contributed by atoms with van der Waals surface area (Å²) in [6.07, 6.45) is 1.27. The lowest BCUT2D eigenvalue weighted by Gasteiger charge is -2.26. The molecule has 0 amide bonds. The quantitative estimate of drug-likeness (QED) is 0.605. The van der Waals surface area contributed by atoms with E-state index in [0.717, 1.165) is 19.0 Å². The lowest BCUT2D eigenvalue weighted by Crippen LogP contribution is -2.35. The molecule has 0 saturated carbocycles. The molecule has 2 unspecified atom stereocenters. The van der Waals surface area contributed by atoms with E-state index < -0.39 is 0 Å². The van der Waals surface area contributed by atoms with E-state index in [-0.39, 0.29) is 0 Å². The molecule has 11 heavy (non-hydrogen) atoms. The van der Waals surface area contributed by atoms with E-state index in [1.165, 1.54) is 6.42 Å². The van der Waals surface area contributed by atoms with Gasteiger partial charge in [0, 0.05) is 13.1 Å². The van der Waals surface area contributed by atoms with Crippen molar-refractivity contribution in [2.75, 3.05) is 27.2 Å². The minimum atomic E-state index is 0.523. The Morgan fingerprint density at radius 3 is 2.82 bits per heavy atom. The summed E-state index contributed by atoms with van der Waals surface area (Å²) in [5.41, 5.74) is 0. The zero-order valence-electron chi connectivity index (χ0n) is 7.63. The average Bonchev–Trinajstić information content (AvgIpc) is 2.53. The maximum atomic E-state index is 5.13. The van der Waals surface area contributed by atoms with Crippen LogP contribution < -0.4 is 5.32 Å². The highest BCUT2D eigenvalue weighted by Gasteiger charge is 2.23. The first-order chi connectivity index (χ1) is 5.25. The van der Waals surface area contributed by atoms with Gasteiger partial charge in [-0.05, 0) is 32.4 Å². The average molecular weight is 158 g/mol. The van der Waals surface area contributed by atoms with Crippen LogP contribution in [-0.4, -0.2) is 38.4 Å². The minimum absolute atomic E-state index is 0.523. The van der Waals surface area contributed by atoms with E-state index in [4.69, 9.17) is 4.84 Å². The normalized spacial score (nSPS) is 27.8. The Morgan fingerprint density at radius 1 is 1.64 bits per heavy atom. The summed E-state index contributed by atoms with van der Waals surface area (Å²) >= 11 is 0. The standard InChI is InChI=1S/C8H18N2O/c1-7(10(2)11-3)8-4-5-9-6-8/h7-9H,4-6H2,1-3H3. The summed E-state index contributed by atoms with van der Waals surface area (Å²) < 4.78 is 0. The molecule has 1 aliphatic heterocycles. The van der Waals surface area contributed by atoms with Crippen molar-refractivity contribution in [3.8, 4) is 0 Å². The molecule has 0 bridgehead atoms. The van der Waals surface area contributed by atoms with E-state index in [2.05, 4.69) is 12.2 Å². The molecule has 3 nitrogen and oxygen atoms in total. The van der Waals surface area contributed by atoms with Gasteiger partial charge in [0.15, 0.2) is 0 Å². The Balaban J connectivity index is 2.32. The highest BCUT2D eigenvalue weighted by molar-refractivity contribution is 4.78. The van der Waals surface area contributed by atoms with Crippen molar-refractivity contribution in [1.82, 2.24) is 10.4 Å². The molecule has 1 rings (SSSR count). The summed E-state index contributed by atoms with van der Waals surface area (Å²) in [5.74, 6) is 0.750. The maximum Gasteiger partial charge on any atom is 0.0575 e. The van der Waals surface area contributed by atoms with E-state index in [1.54, 1.807) is 7.11 Å². The molecule has 2 atom stereocenters. The van der Waals surface area contributed by atoms with Crippen LogP contribution in [0.3, 0.4) is 0 Å². The van der Waals surface area contributed by atoms with Crippen molar-refractivity contribution in [3.63, 3.8) is 0 Å². The zero-order chi connectivity index (χ0) is 8.27. The Hall–Kier alpha value is -0.120. The lowest BCUT2D eigenvalue weighted by molar-refractivity contribution is -0.147. The van der Waals surface area contributed by atoms with Gasteiger partial charge in [0.2, 0.25) is 0 Å². The highest BCUT2D eigenvalue weighted by Crippen LogP contribution is 2.16. The second kappa shape index (κ2) is 4.04. The van der Waals surface area contributed by atoms with Crippen LogP contribution in [0.4, 0.5) is 0 Å². The van der Waals surface area contributed by atoms with Crippen molar-refractivity contribution in [2.45, 2.75) is 19.4 Å². The molecule has 0 spiro atoms. The fourth-order valence-electron chi connectivity index (χ4n) is 1.55. The predicted molar refractivity (Wildman–Crippen MR) is 45.2 cm³/mol. The summed E-state index contributed by atoms with van der Waals surface area (Å²) in [5, 5.41) is 5.28. The molecule has 0 radical (unpaired) electrons. The Morgan fingerprint density at radius 2 is 2.36 bits per heavy atom. The van der Waals surface area contributed by atoms with Crippen molar-refractivity contribution < 1.29 is 4.84 Å². The fraction of sp³-hybridized carbons (Fsp3) is 1.00. The maximum absolute atomic E-state index is 5.13. The smallest absolute Gasteiger partial charge is 0.0575 e. The van der Waals surface area contributed by atoms with Crippen molar-refractivity contribution in [3.05, 3.63) is 0 Å². The number of hydroxylamine groups is 2. The zero-order valence-corrected chi connectivity index (χ0v) is 7.63. The predicted octanol–water partition coefficient (Wildman–Crippen LogP) is 0.478. The second-order valence-corrected chi connectivity index (χ2v) is 3.22. The third kappa shape index (κ3) is 2.15. The number of nitrogens with zero attached hydrogens (tertiary/aromatic N) is 1. The SMILES string of the molecule is CON(C)C(C)C1CCNC1. The Bertz CT molecular complexity index is 113. The third-order valence-corrected chi connectivity index (χ3v) is 2.64. The van der Waals surface area contributed by atoms with Crippen molar-refractivity contribution >= 4 is 0 Å². The van der Waals surface area contributed by atoms with Crippen LogP contribution in [0.25, 0.3) is 0 Å². The molecule has 1 fully saturated rings. The number of rotatable bonds is 3. The van der Waals surface area contributed by atoms with Gasteiger partial charge in [-0.25, -0.2) is 0 Å². The largest absolute Gasteiger partial charge is 0.316 e. The Labute approximate surface area is 68.7 Å².